The van der Waals surface area contributed by atoms with E-state index >= 15 is 0 Å². The van der Waals surface area contributed by atoms with Crippen molar-refractivity contribution in [1.82, 2.24) is 4.31 Å². The molecule has 0 saturated carbocycles. The smallest absolute Gasteiger partial charge is 0.312 e. The average molecular weight is 363 g/mol. The van der Waals surface area contributed by atoms with Gasteiger partial charge in [0.2, 0.25) is 10.0 Å². The number of esters is 1. The number of ether oxygens (including phenoxy) is 1. The highest BCUT2D eigenvalue weighted by Crippen LogP contribution is 2.27. The molecule has 3 rings (SSSR count). The second kappa shape index (κ2) is 7.11. The van der Waals surface area contributed by atoms with Gasteiger partial charge < -0.3 is 9.84 Å². The maximum atomic E-state index is 13.0. The van der Waals surface area contributed by atoms with Gasteiger partial charge in [-0.1, -0.05) is 30.3 Å². The quantitative estimate of drug-likeness (QED) is 0.837. The molecule has 2 unspecified atom stereocenters. The summed E-state index contributed by atoms with van der Waals surface area (Å²) in [6.45, 7) is 1.97. The monoisotopic (exact) mass is 363 g/mol. The lowest BCUT2D eigenvalue weighted by Crippen LogP contribution is -2.49. The van der Waals surface area contributed by atoms with Gasteiger partial charge in [0.15, 0.2) is 0 Å². The number of benzene rings is 2. The van der Waals surface area contributed by atoms with Crippen LogP contribution in [0.5, 0.6) is 0 Å². The fraction of sp³-hybridized carbons (Fsp3) is 0.389. The predicted octanol–water partition coefficient (Wildman–Crippen LogP) is 1.77. The van der Waals surface area contributed by atoms with E-state index in [1.54, 1.807) is 25.1 Å². The van der Waals surface area contributed by atoms with E-state index in [4.69, 9.17) is 4.74 Å². The van der Waals surface area contributed by atoms with Crippen LogP contribution in [0.1, 0.15) is 13.3 Å². The largest absolute Gasteiger partial charge is 0.466 e. The molecule has 134 valence electrons. The van der Waals surface area contributed by atoms with Gasteiger partial charge in [0.25, 0.3) is 0 Å². The zero-order valence-corrected chi connectivity index (χ0v) is 14.8. The third kappa shape index (κ3) is 3.53. The second-order valence-electron chi connectivity index (χ2n) is 6.09. The normalized spacial score (nSPS) is 22.0. The van der Waals surface area contributed by atoms with E-state index < -0.39 is 28.0 Å². The zero-order valence-electron chi connectivity index (χ0n) is 14.0. The van der Waals surface area contributed by atoms with E-state index in [1.807, 2.05) is 24.3 Å². The molecular weight excluding hydrogens is 342 g/mol. The lowest BCUT2D eigenvalue weighted by Gasteiger charge is -2.34. The molecule has 2 aromatic rings. The topological polar surface area (TPSA) is 83.9 Å². The highest BCUT2D eigenvalue weighted by molar-refractivity contribution is 7.89. The summed E-state index contributed by atoms with van der Waals surface area (Å²) in [5.74, 6) is -1.42. The van der Waals surface area contributed by atoms with Gasteiger partial charge in [-0.25, -0.2) is 8.42 Å². The molecule has 0 aromatic heterocycles. The van der Waals surface area contributed by atoms with Crippen LogP contribution in [0.2, 0.25) is 0 Å². The van der Waals surface area contributed by atoms with E-state index in [0.29, 0.717) is 0 Å². The van der Waals surface area contributed by atoms with Gasteiger partial charge in [0, 0.05) is 13.1 Å². The Kier molecular flexibility index (Phi) is 5.08. The minimum Gasteiger partial charge on any atom is -0.466 e. The average Bonchev–Trinajstić information content (AvgIpc) is 2.61. The highest BCUT2D eigenvalue weighted by atomic mass is 32.2. The summed E-state index contributed by atoms with van der Waals surface area (Å²) in [5.41, 5.74) is 0. The molecule has 7 heteroatoms. The first-order chi connectivity index (χ1) is 11.9. The summed E-state index contributed by atoms with van der Waals surface area (Å²) in [6.07, 6.45) is -0.682. The third-order valence-electron chi connectivity index (χ3n) is 4.49. The summed E-state index contributed by atoms with van der Waals surface area (Å²) < 4.78 is 32.1. The first kappa shape index (κ1) is 17.8. The number of rotatable bonds is 4. The molecule has 2 aromatic carbocycles. The van der Waals surface area contributed by atoms with Crippen molar-refractivity contribution in [2.75, 3.05) is 19.7 Å². The Labute approximate surface area is 147 Å². The Hall–Kier alpha value is -1.96. The molecule has 25 heavy (non-hydrogen) atoms. The molecule has 1 fully saturated rings. The van der Waals surface area contributed by atoms with Crippen molar-refractivity contribution in [3.8, 4) is 0 Å². The van der Waals surface area contributed by atoms with E-state index in [9.17, 15) is 18.3 Å². The maximum Gasteiger partial charge on any atom is 0.312 e. The van der Waals surface area contributed by atoms with Crippen molar-refractivity contribution in [2.45, 2.75) is 24.3 Å². The number of hydrogen-bond donors (Lipinski definition) is 1. The third-order valence-corrected chi connectivity index (χ3v) is 6.35. The molecule has 1 saturated heterocycles. The van der Waals surface area contributed by atoms with Crippen molar-refractivity contribution in [2.24, 2.45) is 5.92 Å². The number of piperidine rings is 1. The van der Waals surface area contributed by atoms with Crippen LogP contribution in [0.3, 0.4) is 0 Å². The number of sulfonamides is 1. The van der Waals surface area contributed by atoms with Crippen LogP contribution in [0.25, 0.3) is 10.8 Å². The molecule has 1 N–H and O–H groups in total. The summed E-state index contributed by atoms with van der Waals surface area (Å²) in [6, 6.07) is 12.5. The van der Waals surface area contributed by atoms with Crippen LogP contribution >= 0.6 is 0 Å². The van der Waals surface area contributed by atoms with E-state index in [0.717, 1.165) is 10.8 Å². The number of carbonyl (C=O) groups is 1. The van der Waals surface area contributed by atoms with Gasteiger partial charge >= 0.3 is 5.97 Å². The summed E-state index contributed by atoms with van der Waals surface area (Å²) >= 11 is 0. The van der Waals surface area contributed by atoms with Crippen molar-refractivity contribution in [3.63, 3.8) is 0 Å². The van der Waals surface area contributed by atoms with Gasteiger partial charge in [-0.15, -0.1) is 0 Å². The molecule has 0 bridgehead atoms. The van der Waals surface area contributed by atoms with Gasteiger partial charge in [0.1, 0.15) is 0 Å². The number of aliphatic hydroxyl groups is 1. The summed E-state index contributed by atoms with van der Waals surface area (Å²) in [5, 5.41) is 11.8. The SMILES string of the molecule is CCOC(=O)C1CN(S(=O)(=O)c2ccc3ccccc3c2)CCC1O. The van der Waals surface area contributed by atoms with Crippen LogP contribution in [0.15, 0.2) is 47.4 Å². The minimum atomic E-state index is -3.74. The van der Waals surface area contributed by atoms with Crippen LogP contribution in [-0.2, 0) is 19.6 Å². The van der Waals surface area contributed by atoms with Crippen molar-refractivity contribution in [1.29, 1.82) is 0 Å². The molecule has 6 nitrogen and oxygen atoms in total. The molecule has 2 atom stereocenters. The van der Waals surface area contributed by atoms with Gasteiger partial charge in [0.05, 0.1) is 23.5 Å². The Morgan fingerprint density at radius 1 is 1.24 bits per heavy atom. The highest BCUT2D eigenvalue weighted by Gasteiger charge is 2.39. The Morgan fingerprint density at radius 3 is 2.68 bits per heavy atom. The molecule has 0 radical (unpaired) electrons. The molecule has 0 spiro atoms. The summed E-state index contributed by atoms with van der Waals surface area (Å²) in [7, 11) is -3.74. The number of aliphatic hydroxyl groups excluding tert-OH is 1. The Balaban J connectivity index is 1.89. The number of hydrogen-bond acceptors (Lipinski definition) is 5. The van der Waals surface area contributed by atoms with Gasteiger partial charge in [-0.05, 0) is 36.2 Å². The van der Waals surface area contributed by atoms with Crippen molar-refractivity contribution in [3.05, 3.63) is 42.5 Å². The standard InChI is InChI=1S/C18H21NO5S/c1-2-24-18(21)16-12-19(10-9-17(16)20)25(22,23)15-8-7-13-5-3-4-6-14(13)11-15/h3-8,11,16-17,20H,2,9-10,12H2,1H3. The van der Waals surface area contributed by atoms with E-state index in [1.165, 1.54) is 4.31 Å². The first-order valence-corrected chi connectivity index (χ1v) is 9.71. The van der Waals surface area contributed by atoms with Crippen molar-refractivity contribution >= 4 is 26.8 Å². The zero-order chi connectivity index (χ0) is 18.0. The minimum absolute atomic E-state index is 0.0742. The Morgan fingerprint density at radius 2 is 1.96 bits per heavy atom. The number of carbonyl (C=O) groups excluding carboxylic acids is 1. The lowest BCUT2D eigenvalue weighted by atomic mass is 9.96. The fourth-order valence-corrected chi connectivity index (χ4v) is 4.60. The predicted molar refractivity (Wildman–Crippen MR) is 93.5 cm³/mol. The van der Waals surface area contributed by atoms with Crippen molar-refractivity contribution < 1.29 is 23.1 Å². The summed E-state index contributed by atoms with van der Waals surface area (Å²) in [4.78, 5) is 12.2. The lowest BCUT2D eigenvalue weighted by molar-refractivity contribution is -0.154. The maximum absolute atomic E-state index is 13.0. The van der Waals surface area contributed by atoms with Gasteiger partial charge in [-0.3, -0.25) is 4.79 Å². The van der Waals surface area contributed by atoms with Crippen LogP contribution in [0, 0.1) is 5.92 Å². The molecule has 0 amide bonds. The van der Waals surface area contributed by atoms with E-state index in [2.05, 4.69) is 0 Å². The molecular formula is C18H21NO5S. The molecule has 1 heterocycles. The molecule has 0 aliphatic carbocycles. The van der Waals surface area contributed by atoms with Crippen LogP contribution in [-0.4, -0.2) is 49.6 Å². The van der Waals surface area contributed by atoms with E-state index in [-0.39, 0.29) is 31.0 Å². The van der Waals surface area contributed by atoms with Crippen LogP contribution < -0.4 is 0 Å². The molecule has 1 aliphatic heterocycles. The molecule has 1 aliphatic rings. The Bertz CT molecular complexity index is 880. The fourth-order valence-electron chi connectivity index (χ4n) is 3.09. The number of nitrogens with zero attached hydrogens (tertiary/aromatic N) is 1. The second-order valence-corrected chi connectivity index (χ2v) is 8.02. The van der Waals surface area contributed by atoms with Crippen LogP contribution in [0.4, 0.5) is 0 Å². The van der Waals surface area contributed by atoms with Gasteiger partial charge in [-0.2, -0.15) is 4.31 Å². The number of fused-ring (bicyclic) bond motifs is 1. The first-order valence-electron chi connectivity index (χ1n) is 8.27.